The third kappa shape index (κ3) is 3.60. The zero-order chi connectivity index (χ0) is 19.8. The van der Waals surface area contributed by atoms with Crippen LogP contribution in [0.2, 0.25) is 0 Å². The largest absolute Gasteiger partial charge is 0.444 e. The van der Waals surface area contributed by atoms with Crippen molar-refractivity contribution in [3.8, 4) is 0 Å². The molecule has 0 saturated carbocycles. The van der Waals surface area contributed by atoms with Crippen LogP contribution in [0.15, 0.2) is 45.8 Å². The van der Waals surface area contributed by atoms with Gasteiger partial charge in [0.05, 0.1) is 10.6 Å². The number of cyclic esters (lactones) is 1. The molecule has 0 N–H and O–H groups in total. The summed E-state index contributed by atoms with van der Waals surface area (Å²) in [5.41, 5.74) is 2.63. The highest BCUT2D eigenvalue weighted by atomic mass is 79.9. The van der Waals surface area contributed by atoms with E-state index >= 15 is 0 Å². The van der Waals surface area contributed by atoms with Gasteiger partial charge in [0.2, 0.25) is 0 Å². The number of nitrogens with zero attached hydrogens (tertiary/aromatic N) is 2. The standard InChI is InChI=1S/C20H20BrFN2O3S/c1-13-10-17(22)19(11-16(13)21)28(26)23-8-6-15(7-9-23)24-18-5-3-2-4-14(18)12-27-20(24)25/h2-5,10-11,15H,6-9,12H2,1H3. The predicted octanol–water partition coefficient (Wildman–Crippen LogP) is 4.54. The summed E-state index contributed by atoms with van der Waals surface area (Å²) in [5, 5.41) is 0. The van der Waals surface area contributed by atoms with E-state index in [2.05, 4.69) is 15.9 Å². The molecule has 1 atom stereocenters. The van der Waals surface area contributed by atoms with Crippen molar-refractivity contribution < 1.29 is 18.1 Å². The summed E-state index contributed by atoms with van der Waals surface area (Å²) in [7, 11) is -1.58. The topological polar surface area (TPSA) is 49.9 Å². The van der Waals surface area contributed by atoms with Crippen LogP contribution in [0.5, 0.6) is 0 Å². The first-order chi connectivity index (χ1) is 13.5. The molecule has 28 heavy (non-hydrogen) atoms. The Kier molecular flexibility index (Phi) is 5.53. The summed E-state index contributed by atoms with van der Waals surface area (Å²) in [5.74, 6) is -0.463. The van der Waals surface area contributed by atoms with Crippen molar-refractivity contribution >= 4 is 38.7 Å². The minimum absolute atomic E-state index is 0.0307. The minimum atomic E-state index is -1.58. The molecule has 0 bridgehead atoms. The van der Waals surface area contributed by atoms with Crippen LogP contribution >= 0.6 is 15.9 Å². The predicted molar refractivity (Wildman–Crippen MR) is 109 cm³/mol. The zero-order valence-corrected chi connectivity index (χ0v) is 17.8. The Bertz CT molecular complexity index is 947. The van der Waals surface area contributed by atoms with Crippen molar-refractivity contribution in [2.24, 2.45) is 0 Å². The second-order valence-electron chi connectivity index (χ2n) is 6.99. The molecule has 0 spiro atoms. The Morgan fingerprint density at radius 3 is 2.68 bits per heavy atom. The van der Waals surface area contributed by atoms with E-state index < -0.39 is 16.8 Å². The quantitative estimate of drug-likeness (QED) is 0.666. The third-order valence-electron chi connectivity index (χ3n) is 5.22. The van der Waals surface area contributed by atoms with Crippen LogP contribution in [0.3, 0.4) is 0 Å². The van der Waals surface area contributed by atoms with Crippen molar-refractivity contribution in [2.45, 2.75) is 37.3 Å². The van der Waals surface area contributed by atoms with Crippen LogP contribution in [0.4, 0.5) is 14.9 Å². The summed E-state index contributed by atoms with van der Waals surface area (Å²) < 4.78 is 35.0. The van der Waals surface area contributed by atoms with Gasteiger partial charge in [0.1, 0.15) is 23.4 Å². The highest BCUT2D eigenvalue weighted by Gasteiger charge is 2.35. The van der Waals surface area contributed by atoms with Gasteiger partial charge in [-0.25, -0.2) is 17.7 Å². The number of carbonyl (C=O) groups excluding carboxylic acids is 1. The second-order valence-corrected chi connectivity index (χ2v) is 9.30. The van der Waals surface area contributed by atoms with Gasteiger partial charge < -0.3 is 4.74 Å². The van der Waals surface area contributed by atoms with E-state index in [-0.39, 0.29) is 23.6 Å². The van der Waals surface area contributed by atoms with Gasteiger partial charge in [-0.3, -0.25) is 4.90 Å². The van der Waals surface area contributed by atoms with E-state index in [0.29, 0.717) is 25.9 Å². The summed E-state index contributed by atoms with van der Waals surface area (Å²) in [6.07, 6.45) is 0.944. The fourth-order valence-electron chi connectivity index (χ4n) is 3.69. The Hall–Kier alpha value is -1.77. The minimum Gasteiger partial charge on any atom is -0.444 e. The fourth-order valence-corrected chi connectivity index (χ4v) is 5.45. The van der Waals surface area contributed by atoms with Gasteiger partial charge in [-0.05, 0) is 43.5 Å². The first kappa shape index (κ1) is 19.5. The summed E-state index contributed by atoms with van der Waals surface area (Å²) >= 11 is 3.38. The third-order valence-corrected chi connectivity index (χ3v) is 7.60. The smallest absolute Gasteiger partial charge is 0.414 e. The van der Waals surface area contributed by atoms with Gasteiger partial charge in [0.15, 0.2) is 0 Å². The highest BCUT2D eigenvalue weighted by Crippen LogP contribution is 2.33. The van der Waals surface area contributed by atoms with Crippen molar-refractivity contribution in [3.05, 3.63) is 57.8 Å². The normalized spacial score (nSPS) is 19.2. The lowest BCUT2D eigenvalue weighted by molar-refractivity contribution is 0.136. The monoisotopic (exact) mass is 466 g/mol. The molecule has 148 valence electrons. The number of hydrogen-bond acceptors (Lipinski definition) is 3. The molecule has 2 heterocycles. The van der Waals surface area contributed by atoms with E-state index in [1.807, 2.05) is 24.3 Å². The van der Waals surface area contributed by atoms with E-state index in [0.717, 1.165) is 21.3 Å². The Balaban J connectivity index is 1.49. The van der Waals surface area contributed by atoms with Gasteiger partial charge >= 0.3 is 6.09 Å². The zero-order valence-electron chi connectivity index (χ0n) is 15.4. The molecule has 0 aromatic heterocycles. The van der Waals surface area contributed by atoms with Crippen LogP contribution in [0, 0.1) is 12.7 Å². The van der Waals surface area contributed by atoms with E-state index in [4.69, 9.17) is 4.74 Å². The molecule has 1 saturated heterocycles. The number of anilines is 1. The maximum absolute atomic E-state index is 14.3. The number of amides is 1. The van der Waals surface area contributed by atoms with Crippen LogP contribution in [0.1, 0.15) is 24.0 Å². The lowest BCUT2D eigenvalue weighted by Crippen LogP contribution is -2.49. The van der Waals surface area contributed by atoms with Gasteiger partial charge in [-0.1, -0.05) is 34.1 Å². The highest BCUT2D eigenvalue weighted by molar-refractivity contribution is 9.10. The molecule has 5 nitrogen and oxygen atoms in total. The molecule has 0 radical (unpaired) electrons. The van der Waals surface area contributed by atoms with E-state index in [1.165, 1.54) is 6.07 Å². The summed E-state index contributed by atoms with van der Waals surface area (Å²) in [4.78, 5) is 14.3. The van der Waals surface area contributed by atoms with Gasteiger partial charge in [-0.15, -0.1) is 0 Å². The van der Waals surface area contributed by atoms with Crippen molar-refractivity contribution in [1.29, 1.82) is 0 Å². The SMILES string of the molecule is Cc1cc(F)c(S(=O)N2CCC(N3C(=O)OCc4ccccc43)CC2)cc1Br. The molecule has 8 heteroatoms. The first-order valence-electron chi connectivity index (χ1n) is 9.12. The van der Waals surface area contributed by atoms with Crippen LogP contribution in [0.25, 0.3) is 0 Å². The summed E-state index contributed by atoms with van der Waals surface area (Å²) in [6.45, 7) is 3.10. The molecule has 4 rings (SSSR count). The first-order valence-corrected chi connectivity index (χ1v) is 11.0. The lowest BCUT2D eigenvalue weighted by atomic mass is 10.0. The number of carbonyl (C=O) groups is 1. The lowest BCUT2D eigenvalue weighted by Gasteiger charge is -2.39. The van der Waals surface area contributed by atoms with Crippen molar-refractivity contribution in [3.63, 3.8) is 0 Å². The molecule has 0 aliphatic carbocycles. The second kappa shape index (κ2) is 7.93. The molecule has 2 aliphatic rings. The Morgan fingerprint density at radius 2 is 1.93 bits per heavy atom. The average molecular weight is 467 g/mol. The van der Waals surface area contributed by atoms with Crippen LogP contribution in [-0.4, -0.2) is 33.7 Å². The number of rotatable bonds is 3. The van der Waals surface area contributed by atoms with Crippen LogP contribution in [-0.2, 0) is 22.3 Å². The van der Waals surface area contributed by atoms with Crippen molar-refractivity contribution in [2.75, 3.05) is 18.0 Å². The number of ether oxygens (including phenoxy) is 1. The van der Waals surface area contributed by atoms with Gasteiger partial charge in [0, 0.05) is 29.2 Å². The molecule has 1 amide bonds. The number of fused-ring (bicyclic) bond motifs is 1. The maximum Gasteiger partial charge on any atom is 0.414 e. The molecule has 2 aromatic carbocycles. The van der Waals surface area contributed by atoms with Crippen LogP contribution < -0.4 is 4.90 Å². The number of hydrogen-bond donors (Lipinski definition) is 0. The number of para-hydroxylation sites is 1. The average Bonchev–Trinajstić information content (AvgIpc) is 2.70. The molecule has 2 aliphatic heterocycles. The maximum atomic E-state index is 14.3. The molecular formula is C20H20BrFN2O3S. The van der Waals surface area contributed by atoms with Crippen molar-refractivity contribution in [1.82, 2.24) is 4.31 Å². The Labute approximate surface area is 174 Å². The summed E-state index contributed by atoms with van der Waals surface area (Å²) in [6, 6.07) is 10.7. The fraction of sp³-hybridized carbons (Fsp3) is 0.350. The van der Waals surface area contributed by atoms with Gasteiger partial charge in [0.25, 0.3) is 0 Å². The molecular weight excluding hydrogens is 447 g/mol. The van der Waals surface area contributed by atoms with Gasteiger partial charge in [-0.2, -0.15) is 0 Å². The molecule has 2 aromatic rings. The van der Waals surface area contributed by atoms with E-state index in [9.17, 15) is 13.4 Å². The van der Waals surface area contributed by atoms with E-state index in [1.54, 1.807) is 22.2 Å². The molecule has 1 unspecified atom stereocenters. The number of halogens is 2. The Morgan fingerprint density at radius 1 is 1.21 bits per heavy atom. The number of piperidine rings is 1. The number of benzene rings is 2. The molecule has 1 fully saturated rings. The number of aryl methyl sites for hydroxylation is 1.